The summed E-state index contributed by atoms with van der Waals surface area (Å²) in [5, 5.41) is 20.7. The largest absolute Gasteiger partial charge is 0.508 e. The molecule has 3 nitrogen and oxygen atoms in total. The van der Waals surface area contributed by atoms with E-state index in [0.29, 0.717) is 5.56 Å². The number of nitrogens with two attached hydrogens (primary N) is 1. The summed E-state index contributed by atoms with van der Waals surface area (Å²) in [5.74, 6) is 0.134. The summed E-state index contributed by atoms with van der Waals surface area (Å²) in [6.45, 7) is -0.179. The van der Waals surface area contributed by atoms with E-state index in [4.69, 9.17) is 10.8 Å². The van der Waals surface area contributed by atoms with Gasteiger partial charge in [-0.3, -0.25) is 0 Å². The Bertz CT molecular complexity index is 482. The van der Waals surface area contributed by atoms with Crippen molar-refractivity contribution >= 4 is 10.8 Å². The molecule has 0 radical (unpaired) electrons. The molecule has 2 rings (SSSR count). The van der Waals surface area contributed by atoms with Gasteiger partial charge < -0.3 is 15.9 Å². The lowest BCUT2D eigenvalue weighted by atomic mass is 9.98. The monoisotopic (exact) mass is 203 g/mol. The first kappa shape index (κ1) is 9.96. The van der Waals surface area contributed by atoms with Gasteiger partial charge in [-0.1, -0.05) is 30.3 Å². The Morgan fingerprint density at radius 2 is 1.87 bits per heavy atom. The molecule has 15 heavy (non-hydrogen) atoms. The second-order valence-electron chi connectivity index (χ2n) is 3.51. The zero-order valence-corrected chi connectivity index (χ0v) is 8.22. The van der Waals surface area contributed by atoms with E-state index in [0.717, 1.165) is 10.8 Å². The van der Waals surface area contributed by atoms with E-state index in [1.54, 1.807) is 6.07 Å². The predicted octanol–water partition coefficient (Wildman–Crippen LogP) is 1.54. The second-order valence-corrected chi connectivity index (χ2v) is 3.51. The van der Waals surface area contributed by atoms with Crippen LogP contribution in [0.2, 0.25) is 0 Å². The summed E-state index contributed by atoms with van der Waals surface area (Å²) in [5.41, 5.74) is 6.36. The Hall–Kier alpha value is -1.58. The van der Waals surface area contributed by atoms with E-state index < -0.39 is 6.04 Å². The molecule has 2 aromatic rings. The number of aliphatic hydroxyl groups is 1. The van der Waals surface area contributed by atoms with Gasteiger partial charge in [0, 0.05) is 5.56 Å². The molecular weight excluding hydrogens is 190 g/mol. The summed E-state index contributed by atoms with van der Waals surface area (Å²) in [7, 11) is 0. The number of hydrogen-bond acceptors (Lipinski definition) is 3. The van der Waals surface area contributed by atoms with Crippen molar-refractivity contribution in [2.75, 3.05) is 6.61 Å². The van der Waals surface area contributed by atoms with Crippen molar-refractivity contribution in [3.63, 3.8) is 0 Å². The lowest BCUT2D eigenvalue weighted by Gasteiger charge is -2.13. The van der Waals surface area contributed by atoms with Gasteiger partial charge in [0.15, 0.2) is 0 Å². The minimum absolute atomic E-state index is 0.134. The van der Waals surface area contributed by atoms with Crippen LogP contribution in [0, 0.1) is 0 Å². The Balaban J connectivity index is 2.74. The first-order valence-corrected chi connectivity index (χ1v) is 4.81. The van der Waals surface area contributed by atoms with Crippen molar-refractivity contribution in [2.45, 2.75) is 6.04 Å². The lowest BCUT2D eigenvalue weighted by molar-refractivity contribution is 0.266. The van der Waals surface area contributed by atoms with Crippen molar-refractivity contribution in [3.05, 3.63) is 42.0 Å². The number of rotatable bonds is 2. The Morgan fingerprint density at radius 1 is 1.13 bits per heavy atom. The van der Waals surface area contributed by atoms with E-state index in [-0.39, 0.29) is 12.4 Å². The third kappa shape index (κ3) is 1.67. The van der Waals surface area contributed by atoms with E-state index >= 15 is 0 Å². The van der Waals surface area contributed by atoms with E-state index in [1.807, 2.05) is 30.3 Å². The minimum atomic E-state index is -0.545. The van der Waals surface area contributed by atoms with Gasteiger partial charge in [-0.2, -0.15) is 0 Å². The van der Waals surface area contributed by atoms with E-state index in [9.17, 15) is 5.11 Å². The van der Waals surface area contributed by atoms with Gasteiger partial charge in [0.05, 0.1) is 12.6 Å². The van der Waals surface area contributed by atoms with Crippen molar-refractivity contribution < 1.29 is 10.2 Å². The highest BCUT2D eigenvalue weighted by atomic mass is 16.3. The van der Waals surface area contributed by atoms with Crippen LogP contribution in [0.4, 0.5) is 0 Å². The van der Waals surface area contributed by atoms with Crippen molar-refractivity contribution in [2.24, 2.45) is 5.73 Å². The summed E-state index contributed by atoms with van der Waals surface area (Å²) in [6.07, 6.45) is 0. The minimum Gasteiger partial charge on any atom is -0.508 e. The van der Waals surface area contributed by atoms with Crippen molar-refractivity contribution in [3.8, 4) is 5.75 Å². The molecule has 0 saturated heterocycles. The molecule has 0 aliphatic carbocycles. The maximum absolute atomic E-state index is 9.72. The number of fused-ring (bicyclic) bond motifs is 1. The van der Waals surface area contributed by atoms with Crippen LogP contribution in [0.1, 0.15) is 11.6 Å². The molecule has 0 fully saturated rings. The average molecular weight is 203 g/mol. The molecule has 2 aromatic carbocycles. The highest BCUT2D eigenvalue weighted by molar-refractivity contribution is 5.88. The third-order valence-corrected chi connectivity index (χ3v) is 2.52. The number of benzene rings is 2. The fourth-order valence-electron chi connectivity index (χ4n) is 1.77. The second kappa shape index (κ2) is 3.88. The normalized spacial score (nSPS) is 12.9. The molecular formula is C12H13NO2. The van der Waals surface area contributed by atoms with E-state index in [2.05, 4.69) is 0 Å². The molecule has 0 aliphatic rings. The quantitative estimate of drug-likeness (QED) is 0.693. The van der Waals surface area contributed by atoms with Crippen LogP contribution >= 0.6 is 0 Å². The zero-order chi connectivity index (χ0) is 10.8. The highest BCUT2D eigenvalue weighted by Crippen LogP contribution is 2.30. The van der Waals surface area contributed by atoms with Gasteiger partial charge in [-0.05, 0) is 16.8 Å². The molecule has 0 amide bonds. The molecule has 4 N–H and O–H groups in total. The molecule has 0 bridgehead atoms. The predicted molar refractivity (Wildman–Crippen MR) is 59.6 cm³/mol. The maximum Gasteiger partial charge on any atom is 0.121 e. The number of hydrogen-bond donors (Lipinski definition) is 3. The average Bonchev–Trinajstić information content (AvgIpc) is 2.28. The summed E-state index contributed by atoms with van der Waals surface area (Å²) in [4.78, 5) is 0. The first-order chi connectivity index (χ1) is 7.24. The molecule has 0 aromatic heterocycles. The molecule has 0 saturated carbocycles. The van der Waals surface area contributed by atoms with E-state index in [1.165, 1.54) is 0 Å². The lowest BCUT2D eigenvalue weighted by Crippen LogP contribution is -2.15. The van der Waals surface area contributed by atoms with Crippen LogP contribution in [-0.2, 0) is 0 Å². The molecule has 0 heterocycles. The first-order valence-electron chi connectivity index (χ1n) is 4.81. The van der Waals surface area contributed by atoms with Gasteiger partial charge in [0.25, 0.3) is 0 Å². The fraction of sp³-hybridized carbons (Fsp3) is 0.167. The third-order valence-electron chi connectivity index (χ3n) is 2.52. The molecule has 0 spiro atoms. The van der Waals surface area contributed by atoms with Gasteiger partial charge in [-0.25, -0.2) is 0 Å². The topological polar surface area (TPSA) is 66.5 Å². The maximum atomic E-state index is 9.72. The molecule has 1 atom stereocenters. The Morgan fingerprint density at radius 3 is 2.60 bits per heavy atom. The molecule has 3 heteroatoms. The van der Waals surface area contributed by atoms with Gasteiger partial charge in [0.1, 0.15) is 5.75 Å². The zero-order valence-electron chi connectivity index (χ0n) is 8.22. The summed E-state index contributed by atoms with van der Waals surface area (Å²) >= 11 is 0. The SMILES string of the molecule is N[C@H](CO)c1c(O)ccc2ccccc12. The van der Waals surface area contributed by atoms with Crippen molar-refractivity contribution in [1.82, 2.24) is 0 Å². The van der Waals surface area contributed by atoms with Gasteiger partial charge >= 0.3 is 0 Å². The number of aliphatic hydroxyl groups excluding tert-OH is 1. The summed E-state index contributed by atoms with van der Waals surface area (Å²) in [6, 6.07) is 10.5. The fourth-order valence-corrected chi connectivity index (χ4v) is 1.77. The molecule has 78 valence electrons. The van der Waals surface area contributed by atoms with Crippen molar-refractivity contribution in [1.29, 1.82) is 0 Å². The van der Waals surface area contributed by atoms with Crippen LogP contribution in [-0.4, -0.2) is 16.8 Å². The summed E-state index contributed by atoms with van der Waals surface area (Å²) < 4.78 is 0. The Kier molecular flexibility index (Phi) is 2.58. The number of phenols is 1. The molecule has 0 aliphatic heterocycles. The van der Waals surface area contributed by atoms with Crippen LogP contribution in [0.3, 0.4) is 0 Å². The standard InChI is InChI=1S/C12H13NO2/c13-10(7-14)12-9-4-2-1-3-8(9)5-6-11(12)15/h1-6,10,14-15H,7,13H2/t10-/m1/s1. The van der Waals surface area contributed by atoms with Crippen LogP contribution < -0.4 is 5.73 Å². The number of aromatic hydroxyl groups is 1. The smallest absolute Gasteiger partial charge is 0.121 e. The van der Waals surface area contributed by atoms with Crippen LogP contribution in [0.25, 0.3) is 10.8 Å². The highest BCUT2D eigenvalue weighted by Gasteiger charge is 2.13. The van der Waals surface area contributed by atoms with Gasteiger partial charge in [-0.15, -0.1) is 0 Å². The van der Waals surface area contributed by atoms with Crippen LogP contribution in [0.5, 0.6) is 5.75 Å². The van der Waals surface area contributed by atoms with Crippen LogP contribution in [0.15, 0.2) is 36.4 Å². The Labute approximate surface area is 87.8 Å². The van der Waals surface area contributed by atoms with Gasteiger partial charge in [0.2, 0.25) is 0 Å². The number of phenolic OH excluding ortho intramolecular Hbond substituents is 1. The molecule has 0 unspecified atom stereocenters.